The van der Waals surface area contributed by atoms with Gasteiger partial charge < -0.3 is 19.0 Å². The van der Waals surface area contributed by atoms with Crippen molar-refractivity contribution >= 4 is 0 Å². The van der Waals surface area contributed by atoms with Crippen molar-refractivity contribution in [2.45, 2.75) is 38.5 Å². The highest BCUT2D eigenvalue weighted by molar-refractivity contribution is 5.60. The number of hydrogen-bond donors (Lipinski definition) is 1. The number of likely N-dealkylation sites (tertiary alicyclic amines) is 1. The smallest absolute Gasteiger partial charge is 0.231 e. The van der Waals surface area contributed by atoms with Gasteiger partial charge in [0.2, 0.25) is 12.6 Å². The van der Waals surface area contributed by atoms with Crippen molar-refractivity contribution < 1.29 is 19.0 Å². The number of aryl methyl sites for hydroxylation is 1. The maximum Gasteiger partial charge on any atom is 0.231 e. The van der Waals surface area contributed by atoms with Crippen LogP contribution in [0.25, 0.3) is 11.4 Å². The van der Waals surface area contributed by atoms with Gasteiger partial charge in [-0.2, -0.15) is 4.80 Å². The molecule has 1 fully saturated rings. The normalized spacial score (nSPS) is 18.3. The van der Waals surface area contributed by atoms with Crippen LogP contribution in [0.4, 0.5) is 0 Å². The average Bonchev–Trinajstić information content (AvgIpc) is 3.44. The van der Waals surface area contributed by atoms with Crippen LogP contribution in [0.1, 0.15) is 24.4 Å². The topological polar surface area (TPSA) is 98.7 Å². The summed E-state index contributed by atoms with van der Waals surface area (Å²) in [6, 6.07) is 9.53. The van der Waals surface area contributed by atoms with Crippen LogP contribution in [0.2, 0.25) is 0 Å². The largest absolute Gasteiger partial charge is 0.465 e. The number of aliphatic hydroxyl groups is 1. The van der Waals surface area contributed by atoms with Crippen molar-refractivity contribution in [2.75, 3.05) is 19.9 Å². The van der Waals surface area contributed by atoms with Crippen LogP contribution < -0.4 is 9.47 Å². The molecule has 0 radical (unpaired) electrons. The number of rotatable bonds is 5. The number of hydrogen-bond acceptors (Lipinski definition) is 8. The summed E-state index contributed by atoms with van der Waals surface area (Å²) in [7, 11) is 0. The molecule has 1 aromatic carbocycles. The van der Waals surface area contributed by atoms with Crippen LogP contribution in [-0.4, -0.2) is 55.7 Å². The molecule has 0 amide bonds. The van der Waals surface area contributed by atoms with Crippen molar-refractivity contribution in [3.8, 4) is 22.9 Å². The van der Waals surface area contributed by atoms with Gasteiger partial charge in [-0.1, -0.05) is 0 Å². The van der Waals surface area contributed by atoms with Crippen molar-refractivity contribution in [2.24, 2.45) is 0 Å². The first-order chi connectivity index (χ1) is 14.1. The van der Waals surface area contributed by atoms with Gasteiger partial charge in [0.1, 0.15) is 11.5 Å². The Hall–Kier alpha value is -2.91. The number of ether oxygens (including phenoxy) is 2. The second-order valence-electron chi connectivity index (χ2n) is 7.72. The Kier molecular flexibility index (Phi) is 4.48. The zero-order valence-corrected chi connectivity index (χ0v) is 16.2. The lowest BCUT2D eigenvalue weighted by Gasteiger charge is -2.37. The van der Waals surface area contributed by atoms with Gasteiger partial charge in [0.05, 0.1) is 18.7 Å². The van der Waals surface area contributed by atoms with E-state index >= 15 is 0 Å². The molecule has 0 atom stereocenters. The van der Waals surface area contributed by atoms with Crippen LogP contribution in [0, 0.1) is 6.92 Å². The van der Waals surface area contributed by atoms with Gasteiger partial charge in [0.25, 0.3) is 0 Å². The molecule has 2 aromatic heterocycles. The van der Waals surface area contributed by atoms with E-state index in [1.807, 2.05) is 37.3 Å². The number of aromatic nitrogens is 4. The number of nitrogens with zero attached hydrogens (tertiary/aromatic N) is 5. The maximum absolute atomic E-state index is 11.0. The summed E-state index contributed by atoms with van der Waals surface area (Å²) in [6.45, 7) is 4.84. The van der Waals surface area contributed by atoms with Gasteiger partial charge in [0.15, 0.2) is 11.5 Å². The number of fused-ring (bicyclic) bond motifs is 1. The molecule has 2 aliphatic rings. The molecule has 1 N–H and O–H groups in total. The SMILES string of the molecule is Cc1ccc(CN2CCC(O)(Cn3nnc(-c4ccc5c(c4)OCO5)n3)CC2)o1. The number of benzene rings is 1. The molecule has 2 aliphatic heterocycles. The van der Waals surface area contributed by atoms with Gasteiger partial charge in [-0.15, -0.1) is 10.2 Å². The van der Waals surface area contributed by atoms with Gasteiger partial charge in [-0.25, -0.2) is 0 Å². The summed E-state index contributed by atoms with van der Waals surface area (Å²) in [5.41, 5.74) is -0.0429. The summed E-state index contributed by atoms with van der Waals surface area (Å²) in [6.07, 6.45) is 1.29. The Balaban J connectivity index is 1.21. The monoisotopic (exact) mass is 397 g/mol. The van der Waals surface area contributed by atoms with Crippen LogP contribution >= 0.6 is 0 Å². The first kappa shape index (κ1) is 18.1. The highest BCUT2D eigenvalue weighted by Gasteiger charge is 2.34. The van der Waals surface area contributed by atoms with E-state index in [1.54, 1.807) is 0 Å². The molecule has 1 saturated heterocycles. The third kappa shape index (κ3) is 3.83. The summed E-state index contributed by atoms with van der Waals surface area (Å²) in [4.78, 5) is 3.77. The standard InChI is InChI=1S/C20H23N5O4/c1-14-2-4-16(29-14)11-24-8-6-20(26,7-9-24)12-25-22-19(21-23-25)15-3-5-17-18(10-15)28-13-27-17/h2-5,10,26H,6-9,11-13H2,1H3. The predicted octanol–water partition coefficient (Wildman–Crippen LogP) is 2.00. The van der Waals surface area contributed by atoms with Crippen LogP contribution in [0.15, 0.2) is 34.7 Å². The molecule has 0 unspecified atom stereocenters. The third-order valence-corrected chi connectivity index (χ3v) is 5.48. The minimum absolute atomic E-state index is 0.225. The van der Waals surface area contributed by atoms with Gasteiger partial charge in [0, 0.05) is 18.7 Å². The van der Waals surface area contributed by atoms with Crippen molar-refractivity contribution in [3.63, 3.8) is 0 Å². The molecular weight excluding hydrogens is 374 g/mol. The lowest BCUT2D eigenvalue weighted by Crippen LogP contribution is -2.46. The van der Waals surface area contributed by atoms with Gasteiger partial charge >= 0.3 is 0 Å². The minimum atomic E-state index is -0.845. The fourth-order valence-corrected chi connectivity index (χ4v) is 3.80. The fourth-order valence-electron chi connectivity index (χ4n) is 3.80. The molecule has 3 aromatic rings. The number of piperidine rings is 1. The Morgan fingerprint density at radius 3 is 2.72 bits per heavy atom. The summed E-state index contributed by atoms with van der Waals surface area (Å²) in [5, 5.41) is 23.7. The van der Waals surface area contributed by atoms with Crippen molar-refractivity contribution in [3.05, 3.63) is 41.9 Å². The van der Waals surface area contributed by atoms with Gasteiger partial charge in [-0.05, 0) is 55.3 Å². The first-order valence-electron chi connectivity index (χ1n) is 9.74. The van der Waals surface area contributed by atoms with Crippen LogP contribution in [-0.2, 0) is 13.1 Å². The molecule has 0 bridgehead atoms. The van der Waals surface area contributed by atoms with E-state index in [9.17, 15) is 5.11 Å². The second kappa shape index (κ2) is 7.16. The second-order valence-corrected chi connectivity index (χ2v) is 7.72. The molecule has 9 heteroatoms. The molecule has 9 nitrogen and oxygen atoms in total. The zero-order chi connectivity index (χ0) is 19.8. The number of furan rings is 1. The van der Waals surface area contributed by atoms with Crippen molar-refractivity contribution in [1.82, 2.24) is 25.1 Å². The van der Waals surface area contributed by atoms with Crippen molar-refractivity contribution in [1.29, 1.82) is 0 Å². The molecule has 5 rings (SSSR count). The van der Waals surface area contributed by atoms with E-state index in [2.05, 4.69) is 20.3 Å². The van der Waals surface area contributed by atoms with E-state index in [0.29, 0.717) is 36.7 Å². The van der Waals surface area contributed by atoms with Crippen LogP contribution in [0.3, 0.4) is 0 Å². The van der Waals surface area contributed by atoms with Gasteiger partial charge in [-0.3, -0.25) is 4.90 Å². The number of tetrazole rings is 1. The average molecular weight is 397 g/mol. The Morgan fingerprint density at radius 1 is 1.10 bits per heavy atom. The third-order valence-electron chi connectivity index (χ3n) is 5.48. The quantitative estimate of drug-likeness (QED) is 0.698. The highest BCUT2D eigenvalue weighted by Crippen LogP contribution is 2.35. The van der Waals surface area contributed by atoms with Crippen LogP contribution in [0.5, 0.6) is 11.5 Å². The Bertz CT molecular complexity index is 1010. The summed E-state index contributed by atoms with van der Waals surface area (Å²) < 4.78 is 16.4. The summed E-state index contributed by atoms with van der Waals surface area (Å²) in [5.74, 6) is 3.77. The molecule has 29 heavy (non-hydrogen) atoms. The Labute approximate surface area is 167 Å². The predicted molar refractivity (Wildman–Crippen MR) is 102 cm³/mol. The maximum atomic E-state index is 11.0. The minimum Gasteiger partial charge on any atom is -0.465 e. The molecule has 0 spiro atoms. The first-order valence-corrected chi connectivity index (χ1v) is 9.74. The Morgan fingerprint density at radius 2 is 1.93 bits per heavy atom. The van der Waals surface area contributed by atoms with E-state index < -0.39 is 5.60 Å². The lowest BCUT2D eigenvalue weighted by atomic mass is 9.91. The van der Waals surface area contributed by atoms with E-state index in [1.165, 1.54) is 4.80 Å². The molecule has 0 aliphatic carbocycles. The lowest BCUT2D eigenvalue weighted by molar-refractivity contribution is -0.0420. The van der Waals surface area contributed by atoms with E-state index in [-0.39, 0.29) is 6.79 Å². The fraction of sp³-hybridized carbons (Fsp3) is 0.450. The van der Waals surface area contributed by atoms with E-state index in [4.69, 9.17) is 13.9 Å². The van der Waals surface area contributed by atoms with E-state index in [0.717, 1.165) is 36.7 Å². The molecular formula is C20H23N5O4. The summed E-state index contributed by atoms with van der Waals surface area (Å²) >= 11 is 0. The molecule has 0 saturated carbocycles. The molecule has 152 valence electrons. The molecule has 4 heterocycles. The zero-order valence-electron chi connectivity index (χ0n) is 16.2. The highest BCUT2D eigenvalue weighted by atomic mass is 16.7.